The highest BCUT2D eigenvalue weighted by Crippen LogP contribution is 2.23. The quantitative estimate of drug-likeness (QED) is 0.812. The molecule has 1 saturated carbocycles. The monoisotopic (exact) mass is 397 g/mol. The van der Waals surface area contributed by atoms with E-state index in [0.29, 0.717) is 37.5 Å². The lowest BCUT2D eigenvalue weighted by Gasteiger charge is -2.25. The van der Waals surface area contributed by atoms with Crippen molar-refractivity contribution in [2.75, 3.05) is 13.1 Å². The van der Waals surface area contributed by atoms with Gasteiger partial charge in [-0.1, -0.05) is 6.07 Å². The number of nitrogens with zero attached hydrogens (tertiary/aromatic N) is 3. The number of aromatic nitrogens is 2. The van der Waals surface area contributed by atoms with E-state index in [4.69, 9.17) is 0 Å². The fraction of sp³-hybridized carbons (Fsp3) is 0.524. The molecule has 3 amide bonds. The van der Waals surface area contributed by atoms with Crippen molar-refractivity contribution in [3.8, 4) is 0 Å². The third-order valence-corrected chi connectivity index (χ3v) is 5.73. The number of hydrogen-bond acceptors (Lipinski definition) is 4. The van der Waals surface area contributed by atoms with Crippen LogP contribution in [0.3, 0.4) is 0 Å². The molecule has 154 valence electrons. The number of hydrogen-bond donors (Lipinski definition) is 2. The van der Waals surface area contributed by atoms with Crippen molar-refractivity contribution < 1.29 is 14.4 Å². The van der Waals surface area contributed by atoms with Gasteiger partial charge in [0.05, 0.1) is 23.2 Å². The molecule has 0 unspecified atom stereocenters. The number of nitrogens with one attached hydrogen (secondary N) is 2. The van der Waals surface area contributed by atoms with E-state index in [-0.39, 0.29) is 29.7 Å². The van der Waals surface area contributed by atoms with Gasteiger partial charge in [0.1, 0.15) is 0 Å². The van der Waals surface area contributed by atoms with Gasteiger partial charge in [0, 0.05) is 38.3 Å². The first-order chi connectivity index (χ1) is 13.9. The maximum absolute atomic E-state index is 12.9. The Hall–Kier alpha value is -2.90. The summed E-state index contributed by atoms with van der Waals surface area (Å²) in [6.07, 6.45) is 6.80. The van der Waals surface area contributed by atoms with E-state index in [1.807, 2.05) is 25.3 Å². The third kappa shape index (κ3) is 4.41. The molecule has 0 radical (unpaired) electrons. The van der Waals surface area contributed by atoms with Crippen LogP contribution >= 0.6 is 0 Å². The molecule has 2 aliphatic rings. The minimum atomic E-state index is -0.235. The van der Waals surface area contributed by atoms with Crippen molar-refractivity contribution >= 4 is 23.2 Å². The SMILES string of the molecule is CC(=O)N1C[C@@H](NC(=O)c2cnn3cc(C)ccc23)CC[C@@H](C(=O)NC2CC2)C1. The standard InChI is InChI=1S/C21H27N5O3/c1-13-3-8-19-18(9-22-26(19)10-13)21(29)24-17-5-4-15(11-25(12-17)14(2)27)20(28)23-16-6-7-16/h3,8-10,15-17H,4-7,11-12H2,1-2H3,(H,23,28)(H,24,29)/t15-,17+/m1/s1. The van der Waals surface area contributed by atoms with Gasteiger partial charge >= 0.3 is 0 Å². The van der Waals surface area contributed by atoms with Crippen molar-refractivity contribution in [1.82, 2.24) is 25.1 Å². The summed E-state index contributed by atoms with van der Waals surface area (Å²) in [5.74, 6) is -0.509. The molecule has 0 spiro atoms. The first-order valence-corrected chi connectivity index (χ1v) is 10.2. The van der Waals surface area contributed by atoms with Crippen molar-refractivity contribution in [1.29, 1.82) is 0 Å². The molecular formula is C21H27N5O3. The smallest absolute Gasteiger partial charge is 0.255 e. The molecule has 2 aromatic rings. The molecule has 1 saturated heterocycles. The molecule has 4 rings (SSSR count). The van der Waals surface area contributed by atoms with E-state index in [2.05, 4.69) is 15.7 Å². The van der Waals surface area contributed by atoms with Gasteiger partial charge in [0.2, 0.25) is 11.8 Å². The zero-order valence-corrected chi connectivity index (χ0v) is 16.9. The highest BCUT2D eigenvalue weighted by Gasteiger charge is 2.33. The maximum Gasteiger partial charge on any atom is 0.255 e. The van der Waals surface area contributed by atoms with Gasteiger partial charge in [0.15, 0.2) is 0 Å². The van der Waals surface area contributed by atoms with Crippen LogP contribution in [0.5, 0.6) is 0 Å². The Morgan fingerprint density at radius 1 is 1.03 bits per heavy atom. The topological polar surface area (TPSA) is 95.8 Å². The molecule has 2 N–H and O–H groups in total. The number of likely N-dealkylation sites (tertiary alicyclic amines) is 1. The van der Waals surface area contributed by atoms with Gasteiger partial charge in [0.25, 0.3) is 5.91 Å². The molecule has 1 aliphatic carbocycles. The van der Waals surface area contributed by atoms with E-state index in [1.165, 1.54) is 6.92 Å². The van der Waals surface area contributed by atoms with Crippen molar-refractivity contribution in [3.05, 3.63) is 35.7 Å². The Balaban J connectivity index is 1.46. The lowest BCUT2D eigenvalue weighted by molar-refractivity contribution is -0.131. The lowest BCUT2D eigenvalue weighted by Crippen LogP contribution is -2.45. The number of rotatable bonds is 4. The third-order valence-electron chi connectivity index (χ3n) is 5.73. The van der Waals surface area contributed by atoms with Crippen LogP contribution < -0.4 is 10.6 Å². The van der Waals surface area contributed by atoms with Gasteiger partial charge in [-0.25, -0.2) is 4.52 Å². The van der Waals surface area contributed by atoms with Crippen LogP contribution in [0.25, 0.3) is 5.52 Å². The van der Waals surface area contributed by atoms with Crippen molar-refractivity contribution in [3.63, 3.8) is 0 Å². The van der Waals surface area contributed by atoms with Gasteiger partial charge in [-0.3, -0.25) is 14.4 Å². The highest BCUT2D eigenvalue weighted by molar-refractivity contribution is 6.00. The fourth-order valence-corrected chi connectivity index (χ4v) is 3.85. The van der Waals surface area contributed by atoms with Crippen LogP contribution in [0.4, 0.5) is 0 Å². The highest BCUT2D eigenvalue weighted by atomic mass is 16.2. The molecule has 0 aromatic carbocycles. The summed E-state index contributed by atoms with van der Waals surface area (Å²) in [4.78, 5) is 39.2. The average molecular weight is 397 g/mol. The van der Waals surface area contributed by atoms with E-state index in [0.717, 1.165) is 23.9 Å². The Morgan fingerprint density at radius 3 is 2.52 bits per heavy atom. The average Bonchev–Trinajstić information content (AvgIpc) is 3.42. The van der Waals surface area contributed by atoms with Crippen molar-refractivity contribution in [2.24, 2.45) is 5.92 Å². The van der Waals surface area contributed by atoms with Crippen molar-refractivity contribution in [2.45, 2.75) is 51.6 Å². The summed E-state index contributed by atoms with van der Waals surface area (Å²) in [6, 6.07) is 3.92. The number of fused-ring (bicyclic) bond motifs is 1. The summed E-state index contributed by atoms with van der Waals surface area (Å²) in [5.41, 5.74) is 2.31. The molecule has 2 aromatic heterocycles. The van der Waals surface area contributed by atoms with Gasteiger partial charge in [-0.15, -0.1) is 0 Å². The molecule has 2 fully saturated rings. The number of pyridine rings is 1. The summed E-state index contributed by atoms with van der Waals surface area (Å²) in [6.45, 7) is 4.29. The Kier molecular flexibility index (Phi) is 5.25. The largest absolute Gasteiger partial charge is 0.353 e. The lowest BCUT2D eigenvalue weighted by atomic mass is 10.0. The first-order valence-electron chi connectivity index (χ1n) is 10.2. The second-order valence-electron chi connectivity index (χ2n) is 8.25. The van der Waals surface area contributed by atoms with E-state index in [1.54, 1.807) is 15.6 Å². The molecule has 8 heteroatoms. The van der Waals surface area contributed by atoms with Crippen LogP contribution in [0.1, 0.15) is 48.5 Å². The molecule has 29 heavy (non-hydrogen) atoms. The Bertz CT molecular complexity index is 949. The molecule has 2 atom stereocenters. The van der Waals surface area contributed by atoms with Crippen LogP contribution in [0, 0.1) is 12.8 Å². The zero-order valence-electron chi connectivity index (χ0n) is 16.9. The Morgan fingerprint density at radius 2 is 1.79 bits per heavy atom. The molecule has 3 heterocycles. The minimum absolute atomic E-state index is 0.0173. The van der Waals surface area contributed by atoms with Gasteiger partial charge < -0.3 is 15.5 Å². The molecule has 0 bridgehead atoms. The van der Waals surface area contributed by atoms with Gasteiger partial charge in [-0.05, 0) is 44.2 Å². The van der Waals surface area contributed by atoms with Crippen LogP contribution in [0.2, 0.25) is 0 Å². The van der Waals surface area contributed by atoms with Crippen LogP contribution in [0.15, 0.2) is 24.5 Å². The molecular weight excluding hydrogens is 370 g/mol. The number of carbonyl (C=O) groups excluding carboxylic acids is 3. The number of amides is 3. The summed E-state index contributed by atoms with van der Waals surface area (Å²) in [7, 11) is 0. The van der Waals surface area contributed by atoms with Crippen LogP contribution in [-0.4, -0.2) is 57.4 Å². The zero-order chi connectivity index (χ0) is 20.5. The fourth-order valence-electron chi connectivity index (χ4n) is 3.85. The predicted octanol–water partition coefficient (Wildman–Crippen LogP) is 1.28. The predicted molar refractivity (Wildman–Crippen MR) is 107 cm³/mol. The van der Waals surface area contributed by atoms with Crippen LogP contribution in [-0.2, 0) is 9.59 Å². The van der Waals surface area contributed by atoms with E-state index >= 15 is 0 Å². The normalized spacial score (nSPS) is 22.2. The first kappa shape index (κ1) is 19.4. The number of aryl methyl sites for hydroxylation is 1. The summed E-state index contributed by atoms with van der Waals surface area (Å²) < 4.78 is 1.69. The van der Waals surface area contributed by atoms with E-state index < -0.39 is 0 Å². The molecule has 1 aliphatic heterocycles. The second-order valence-corrected chi connectivity index (χ2v) is 8.25. The number of carbonyl (C=O) groups is 3. The minimum Gasteiger partial charge on any atom is -0.353 e. The van der Waals surface area contributed by atoms with E-state index in [9.17, 15) is 14.4 Å². The molecule has 8 nitrogen and oxygen atoms in total. The summed E-state index contributed by atoms with van der Waals surface area (Å²) >= 11 is 0. The second kappa shape index (κ2) is 7.85. The Labute approximate surface area is 169 Å². The van der Waals surface area contributed by atoms with Gasteiger partial charge in [-0.2, -0.15) is 5.10 Å². The summed E-state index contributed by atoms with van der Waals surface area (Å²) in [5, 5.41) is 10.3. The maximum atomic E-state index is 12.9.